The van der Waals surface area contributed by atoms with Crippen molar-refractivity contribution in [1.82, 2.24) is 0 Å². The number of benzene rings is 4. The maximum Gasteiger partial charge on any atom is 0.308 e. The number of ether oxygens (including phenoxy) is 3. The number of carboxylic acid groups (broad SMARTS) is 1. The summed E-state index contributed by atoms with van der Waals surface area (Å²) in [6.07, 6.45) is -0.366. The largest absolute Gasteiger partial charge is 0.481 e. The molecule has 0 saturated carbocycles. The van der Waals surface area contributed by atoms with Gasteiger partial charge in [-0.25, -0.2) is 35.1 Å². The van der Waals surface area contributed by atoms with E-state index in [0.717, 1.165) is 62.4 Å². The first-order valence-electron chi connectivity index (χ1n) is 12.9. The molecule has 16 heteroatoms. The van der Waals surface area contributed by atoms with E-state index in [2.05, 4.69) is 14.2 Å². The van der Waals surface area contributed by atoms with Gasteiger partial charge in [0.25, 0.3) is 0 Å². The van der Waals surface area contributed by atoms with Crippen molar-refractivity contribution < 1.29 is 73.6 Å². The zero-order valence-corrected chi connectivity index (χ0v) is 25.0. The first-order chi connectivity index (χ1) is 22.4. The topological polar surface area (TPSA) is 116 Å². The standard InChI is InChI=1S/4C8H6F2O2/c9-6-1-5(3-8(11)12)2-7(10)4-6;1-5(11)12-8-3-2-6(9)4-7(8)10;1-5(11)12-6-2-3-7(9)8(10)4-6;1-5(11)12-8-6(9)3-2-4-7(8)10/h1-2,4H,3H2,(H,11,12);3*2-4H,1H3. The fourth-order valence-electron chi connectivity index (χ4n) is 3.03. The zero-order chi connectivity index (χ0) is 36.6. The van der Waals surface area contributed by atoms with Crippen molar-refractivity contribution in [2.45, 2.75) is 27.2 Å². The van der Waals surface area contributed by atoms with E-state index in [4.69, 9.17) is 5.11 Å². The van der Waals surface area contributed by atoms with E-state index in [-0.39, 0.29) is 23.5 Å². The average molecular weight is 689 g/mol. The highest BCUT2D eigenvalue weighted by molar-refractivity contribution is 5.70. The molecule has 0 fully saturated rings. The Kier molecular flexibility index (Phi) is 16.5. The van der Waals surface area contributed by atoms with Crippen LogP contribution in [0, 0.1) is 46.5 Å². The lowest BCUT2D eigenvalue weighted by atomic mass is 10.1. The highest BCUT2D eigenvalue weighted by atomic mass is 19.2. The smallest absolute Gasteiger partial charge is 0.308 e. The molecule has 0 heterocycles. The molecule has 0 aromatic heterocycles. The van der Waals surface area contributed by atoms with Crippen LogP contribution in [0.5, 0.6) is 17.2 Å². The van der Waals surface area contributed by atoms with Crippen LogP contribution in [0.1, 0.15) is 26.3 Å². The van der Waals surface area contributed by atoms with E-state index in [1.165, 1.54) is 19.1 Å². The number of hydrogen-bond acceptors (Lipinski definition) is 7. The van der Waals surface area contributed by atoms with Crippen molar-refractivity contribution >= 4 is 23.9 Å². The van der Waals surface area contributed by atoms with E-state index in [1.54, 1.807) is 0 Å². The van der Waals surface area contributed by atoms with Gasteiger partial charge in [0, 0.05) is 39.0 Å². The molecule has 0 aliphatic heterocycles. The van der Waals surface area contributed by atoms with Gasteiger partial charge < -0.3 is 19.3 Å². The summed E-state index contributed by atoms with van der Waals surface area (Å²) in [6.45, 7) is 3.40. The van der Waals surface area contributed by atoms with Gasteiger partial charge in [-0.2, -0.15) is 0 Å². The molecule has 0 unspecified atom stereocenters. The van der Waals surface area contributed by atoms with Gasteiger partial charge in [-0.05, 0) is 54.1 Å². The Balaban J connectivity index is 0.000000320. The first-order valence-corrected chi connectivity index (χ1v) is 12.9. The van der Waals surface area contributed by atoms with Crippen LogP contribution in [-0.4, -0.2) is 29.0 Å². The second kappa shape index (κ2) is 19.7. The van der Waals surface area contributed by atoms with Gasteiger partial charge in [0.1, 0.15) is 23.2 Å². The Morgan fingerprint density at radius 3 is 1.54 bits per heavy atom. The molecule has 4 rings (SSSR count). The summed E-state index contributed by atoms with van der Waals surface area (Å²) in [5, 5.41) is 8.30. The Morgan fingerprint density at radius 1 is 0.542 bits per heavy atom. The third-order valence-electron chi connectivity index (χ3n) is 4.74. The number of carboxylic acids is 1. The number of carbonyl (C=O) groups excluding carboxylic acids is 3. The minimum atomic E-state index is -1.11. The molecule has 0 radical (unpaired) electrons. The normalized spacial score (nSPS) is 9.65. The molecule has 8 nitrogen and oxygen atoms in total. The van der Waals surface area contributed by atoms with Gasteiger partial charge >= 0.3 is 23.9 Å². The molecule has 0 spiro atoms. The molecular formula is C32H24F8O8. The van der Waals surface area contributed by atoms with E-state index >= 15 is 0 Å². The number of rotatable bonds is 5. The lowest BCUT2D eigenvalue weighted by Gasteiger charge is -2.02. The second-order valence-corrected chi connectivity index (χ2v) is 8.83. The van der Waals surface area contributed by atoms with Crippen LogP contribution in [0.3, 0.4) is 0 Å². The third kappa shape index (κ3) is 16.0. The lowest BCUT2D eigenvalue weighted by Crippen LogP contribution is -2.04. The van der Waals surface area contributed by atoms with Crippen molar-refractivity contribution in [1.29, 1.82) is 0 Å². The molecule has 0 bridgehead atoms. The molecule has 0 aliphatic rings. The summed E-state index contributed by atoms with van der Waals surface area (Å²) in [5.74, 6) is -10.9. The quantitative estimate of drug-likeness (QED) is 0.132. The van der Waals surface area contributed by atoms with Gasteiger partial charge in [-0.1, -0.05) is 6.07 Å². The number of aliphatic carboxylic acids is 1. The molecule has 48 heavy (non-hydrogen) atoms. The van der Waals surface area contributed by atoms with Gasteiger partial charge in [-0.3, -0.25) is 19.2 Å². The number of halogens is 8. The van der Waals surface area contributed by atoms with Crippen molar-refractivity contribution in [2.24, 2.45) is 0 Å². The molecule has 4 aromatic carbocycles. The van der Waals surface area contributed by atoms with Crippen LogP contribution in [0.4, 0.5) is 35.1 Å². The van der Waals surface area contributed by atoms with Crippen molar-refractivity contribution in [3.05, 3.63) is 125 Å². The summed E-state index contributed by atoms with van der Waals surface area (Å²) in [4.78, 5) is 41.2. The predicted octanol–water partition coefficient (Wildman–Crippen LogP) is 7.26. The van der Waals surface area contributed by atoms with Crippen molar-refractivity contribution in [3.8, 4) is 17.2 Å². The molecule has 0 amide bonds. The summed E-state index contributed by atoms with van der Waals surface area (Å²) < 4.78 is 113. The van der Waals surface area contributed by atoms with Crippen LogP contribution in [0.15, 0.2) is 72.8 Å². The minimum absolute atomic E-state index is 0.00130. The fourth-order valence-corrected chi connectivity index (χ4v) is 3.03. The van der Waals surface area contributed by atoms with E-state index in [1.807, 2.05) is 0 Å². The summed E-state index contributed by atoms with van der Waals surface area (Å²) >= 11 is 0. The van der Waals surface area contributed by atoms with Crippen molar-refractivity contribution in [3.63, 3.8) is 0 Å². The van der Waals surface area contributed by atoms with Gasteiger partial charge in [0.05, 0.1) is 6.42 Å². The predicted molar refractivity (Wildman–Crippen MR) is 151 cm³/mol. The van der Waals surface area contributed by atoms with E-state index in [0.29, 0.717) is 12.1 Å². The first kappa shape index (κ1) is 40.2. The van der Waals surface area contributed by atoms with E-state index in [9.17, 15) is 54.3 Å². The Labute approximate surface area is 267 Å². The third-order valence-corrected chi connectivity index (χ3v) is 4.74. The Morgan fingerprint density at radius 2 is 1.08 bits per heavy atom. The lowest BCUT2D eigenvalue weighted by molar-refractivity contribution is -0.136. The summed E-state index contributed by atoms with van der Waals surface area (Å²) in [6, 6.07) is 11.5. The van der Waals surface area contributed by atoms with Crippen LogP contribution < -0.4 is 14.2 Å². The molecular weight excluding hydrogens is 664 g/mol. The summed E-state index contributed by atoms with van der Waals surface area (Å²) in [7, 11) is 0. The van der Waals surface area contributed by atoms with Gasteiger partial charge in [0.2, 0.25) is 5.75 Å². The Bertz CT molecular complexity index is 1710. The molecule has 1 N–H and O–H groups in total. The number of esters is 3. The fraction of sp³-hybridized carbons (Fsp3) is 0.125. The van der Waals surface area contributed by atoms with Crippen LogP contribution in [-0.2, 0) is 25.6 Å². The van der Waals surface area contributed by atoms with Gasteiger partial charge in [0.15, 0.2) is 34.8 Å². The van der Waals surface area contributed by atoms with Crippen LogP contribution >= 0.6 is 0 Å². The van der Waals surface area contributed by atoms with Gasteiger partial charge in [-0.15, -0.1) is 0 Å². The number of para-hydroxylation sites is 1. The number of carbonyl (C=O) groups is 4. The molecule has 256 valence electrons. The maximum absolute atomic E-state index is 12.7. The molecule has 4 aromatic rings. The monoisotopic (exact) mass is 688 g/mol. The molecule has 0 atom stereocenters. The Hall–Kier alpha value is -5.80. The highest BCUT2D eigenvalue weighted by Crippen LogP contribution is 2.21. The second-order valence-electron chi connectivity index (χ2n) is 8.83. The SMILES string of the molecule is CC(=O)Oc1c(F)cccc1F.CC(=O)Oc1ccc(F)c(F)c1.CC(=O)Oc1ccc(F)cc1F.O=C(O)Cc1cc(F)cc(F)c1. The van der Waals surface area contributed by atoms with E-state index < -0.39 is 76.2 Å². The highest BCUT2D eigenvalue weighted by Gasteiger charge is 2.11. The molecule has 0 saturated heterocycles. The maximum atomic E-state index is 12.7. The average Bonchev–Trinajstić information content (AvgIpc) is 2.94. The zero-order valence-electron chi connectivity index (χ0n) is 25.0. The minimum Gasteiger partial charge on any atom is -0.481 e. The summed E-state index contributed by atoms with van der Waals surface area (Å²) in [5.41, 5.74) is 0.125. The molecule has 0 aliphatic carbocycles. The van der Waals surface area contributed by atoms with Crippen LogP contribution in [0.25, 0.3) is 0 Å². The number of hydrogen-bond donors (Lipinski definition) is 1. The van der Waals surface area contributed by atoms with Crippen molar-refractivity contribution in [2.75, 3.05) is 0 Å². The van der Waals surface area contributed by atoms with Crippen LogP contribution in [0.2, 0.25) is 0 Å².